The molecule has 0 aliphatic carbocycles. The summed E-state index contributed by atoms with van der Waals surface area (Å²) < 4.78 is 21.6. The quantitative estimate of drug-likeness (QED) is 0.502. The van der Waals surface area contributed by atoms with E-state index in [9.17, 15) is 4.39 Å². The van der Waals surface area contributed by atoms with Crippen LogP contribution in [-0.4, -0.2) is 26.6 Å². The molecular formula is C22H19FN4O. The lowest BCUT2D eigenvalue weighted by atomic mass is 10.0. The molecule has 0 saturated heterocycles. The van der Waals surface area contributed by atoms with Crippen LogP contribution in [0, 0.1) is 5.82 Å². The highest BCUT2D eigenvalue weighted by Gasteiger charge is 2.19. The third-order valence-electron chi connectivity index (χ3n) is 4.53. The predicted molar refractivity (Wildman–Crippen MR) is 105 cm³/mol. The normalized spacial score (nSPS) is 10.8. The lowest BCUT2D eigenvalue weighted by Crippen LogP contribution is -2.05. The van der Waals surface area contributed by atoms with Gasteiger partial charge in [0.25, 0.3) is 0 Å². The minimum absolute atomic E-state index is 0.323. The van der Waals surface area contributed by atoms with Crippen LogP contribution >= 0.6 is 0 Å². The van der Waals surface area contributed by atoms with Gasteiger partial charge in [-0.05, 0) is 18.2 Å². The number of hydrogen-bond acceptors (Lipinski definition) is 4. The zero-order valence-corrected chi connectivity index (χ0v) is 15.4. The molecule has 6 heteroatoms. The molecule has 28 heavy (non-hydrogen) atoms. The molecule has 5 nitrogen and oxygen atoms in total. The van der Waals surface area contributed by atoms with E-state index in [4.69, 9.17) is 4.74 Å². The second-order valence-corrected chi connectivity index (χ2v) is 6.29. The summed E-state index contributed by atoms with van der Waals surface area (Å²) in [5, 5.41) is 0. The lowest BCUT2D eigenvalue weighted by Gasteiger charge is -2.14. The van der Waals surface area contributed by atoms with E-state index < -0.39 is 0 Å². The van der Waals surface area contributed by atoms with Crippen LogP contribution in [0.4, 0.5) is 4.39 Å². The first kappa shape index (κ1) is 17.9. The fraction of sp³-hybridized carbons (Fsp3) is 0.136. The molecule has 0 saturated carbocycles. The summed E-state index contributed by atoms with van der Waals surface area (Å²) >= 11 is 0. The average Bonchev–Trinajstić information content (AvgIpc) is 3.17. The minimum Gasteiger partial charge on any atom is -0.496 e. The largest absolute Gasteiger partial charge is 0.496 e. The number of aromatic nitrogens is 4. The van der Waals surface area contributed by atoms with E-state index in [0.717, 1.165) is 22.6 Å². The number of rotatable bonds is 6. The van der Waals surface area contributed by atoms with Gasteiger partial charge in [0.1, 0.15) is 11.6 Å². The van der Waals surface area contributed by atoms with Crippen LogP contribution in [0.3, 0.4) is 0 Å². The number of imidazole rings is 1. The molecule has 0 amide bonds. The van der Waals surface area contributed by atoms with Crippen molar-refractivity contribution in [3.63, 3.8) is 0 Å². The van der Waals surface area contributed by atoms with Gasteiger partial charge in [-0.3, -0.25) is 9.97 Å². The number of aryl methyl sites for hydroxylation is 2. The summed E-state index contributed by atoms with van der Waals surface area (Å²) in [5.74, 6) is 0.274. The molecule has 0 fully saturated rings. The van der Waals surface area contributed by atoms with Crippen LogP contribution in [0.15, 0.2) is 73.4 Å². The summed E-state index contributed by atoms with van der Waals surface area (Å²) in [7, 11) is 1.58. The lowest BCUT2D eigenvalue weighted by molar-refractivity contribution is 0.415. The van der Waals surface area contributed by atoms with Gasteiger partial charge >= 0.3 is 0 Å². The Morgan fingerprint density at radius 3 is 2.64 bits per heavy atom. The Morgan fingerprint density at radius 2 is 1.89 bits per heavy atom. The Bertz CT molecular complexity index is 1060. The summed E-state index contributed by atoms with van der Waals surface area (Å²) in [6, 6.07) is 14.4. The van der Waals surface area contributed by atoms with Crippen molar-refractivity contribution in [2.75, 3.05) is 7.11 Å². The van der Waals surface area contributed by atoms with Gasteiger partial charge in [0.2, 0.25) is 0 Å². The van der Waals surface area contributed by atoms with E-state index in [1.807, 2.05) is 34.9 Å². The van der Waals surface area contributed by atoms with E-state index >= 15 is 0 Å². The maximum absolute atomic E-state index is 14.1. The van der Waals surface area contributed by atoms with E-state index in [2.05, 4.69) is 15.0 Å². The van der Waals surface area contributed by atoms with Gasteiger partial charge in [-0.15, -0.1) is 0 Å². The highest BCUT2D eigenvalue weighted by molar-refractivity contribution is 5.81. The minimum atomic E-state index is -0.323. The summed E-state index contributed by atoms with van der Waals surface area (Å²) in [4.78, 5) is 13.1. The first-order valence-corrected chi connectivity index (χ1v) is 8.95. The molecule has 2 aromatic carbocycles. The van der Waals surface area contributed by atoms with Crippen molar-refractivity contribution in [3.05, 3.63) is 85.0 Å². The Balaban J connectivity index is 1.81. The number of ether oxygens (including phenoxy) is 1. The summed E-state index contributed by atoms with van der Waals surface area (Å²) in [6.07, 6.45) is 7.53. The third-order valence-corrected chi connectivity index (χ3v) is 4.53. The second kappa shape index (κ2) is 8.00. The summed E-state index contributed by atoms with van der Waals surface area (Å²) in [6.45, 7) is 0.632. The number of nitrogens with zero attached hydrogens (tertiary/aromatic N) is 4. The van der Waals surface area contributed by atoms with Gasteiger partial charge in [0, 0.05) is 42.7 Å². The molecule has 4 rings (SSSR count). The molecule has 140 valence electrons. The first-order chi connectivity index (χ1) is 13.8. The van der Waals surface area contributed by atoms with E-state index in [1.54, 1.807) is 38.1 Å². The van der Waals surface area contributed by atoms with Crippen LogP contribution in [0.2, 0.25) is 0 Å². The Labute approximate surface area is 162 Å². The number of methoxy groups -OCH3 is 1. The molecule has 2 aromatic heterocycles. The van der Waals surface area contributed by atoms with Crippen molar-refractivity contribution in [2.45, 2.75) is 13.0 Å². The van der Waals surface area contributed by atoms with Gasteiger partial charge < -0.3 is 9.30 Å². The number of benzene rings is 2. The highest BCUT2D eigenvalue weighted by atomic mass is 19.1. The molecule has 0 spiro atoms. The van der Waals surface area contributed by atoms with Crippen LogP contribution < -0.4 is 4.74 Å². The van der Waals surface area contributed by atoms with Crippen LogP contribution in [-0.2, 0) is 13.0 Å². The van der Waals surface area contributed by atoms with E-state index in [0.29, 0.717) is 24.3 Å². The molecule has 0 aliphatic heterocycles. The summed E-state index contributed by atoms with van der Waals surface area (Å²) in [5.41, 5.74) is 4.10. The van der Waals surface area contributed by atoms with Gasteiger partial charge in [-0.1, -0.05) is 30.3 Å². The van der Waals surface area contributed by atoms with Crippen molar-refractivity contribution >= 4 is 0 Å². The molecule has 0 aliphatic rings. The smallest absolute Gasteiger partial charge is 0.128 e. The van der Waals surface area contributed by atoms with Gasteiger partial charge in [0.15, 0.2) is 0 Å². The molecule has 4 aromatic rings. The van der Waals surface area contributed by atoms with Crippen molar-refractivity contribution in [1.29, 1.82) is 0 Å². The zero-order valence-electron chi connectivity index (χ0n) is 15.4. The van der Waals surface area contributed by atoms with Crippen LogP contribution in [0.1, 0.15) is 5.69 Å². The SMILES string of the molecule is COc1ccc(F)cc1-c1c(-c2ccccc2)ncn1CCc1cnccn1. The van der Waals surface area contributed by atoms with Gasteiger partial charge in [-0.2, -0.15) is 0 Å². The average molecular weight is 374 g/mol. The highest BCUT2D eigenvalue weighted by Crippen LogP contribution is 2.37. The maximum atomic E-state index is 14.1. The molecule has 0 atom stereocenters. The standard InChI is InChI=1S/C22H19FN4O/c1-28-20-8-7-17(23)13-19(20)22-21(16-5-3-2-4-6-16)26-15-27(22)12-9-18-14-24-10-11-25-18/h2-8,10-11,13-15H,9,12H2,1H3. The maximum Gasteiger partial charge on any atom is 0.128 e. The molecule has 0 N–H and O–H groups in total. The van der Waals surface area contributed by atoms with Crippen LogP contribution in [0.25, 0.3) is 22.5 Å². The molecular weight excluding hydrogens is 355 g/mol. The Morgan fingerprint density at radius 1 is 1.04 bits per heavy atom. The van der Waals surface area contributed by atoms with E-state index in [1.165, 1.54) is 12.1 Å². The van der Waals surface area contributed by atoms with Gasteiger partial charge in [-0.25, -0.2) is 9.37 Å². The van der Waals surface area contributed by atoms with Crippen molar-refractivity contribution in [1.82, 2.24) is 19.5 Å². The topological polar surface area (TPSA) is 52.8 Å². The van der Waals surface area contributed by atoms with Crippen LogP contribution in [0.5, 0.6) is 5.75 Å². The molecule has 0 radical (unpaired) electrons. The van der Waals surface area contributed by atoms with Gasteiger partial charge in [0.05, 0.1) is 30.5 Å². The third kappa shape index (κ3) is 3.62. The van der Waals surface area contributed by atoms with Crippen molar-refractivity contribution in [2.24, 2.45) is 0 Å². The predicted octanol–water partition coefficient (Wildman–Crippen LogP) is 4.40. The van der Waals surface area contributed by atoms with E-state index in [-0.39, 0.29) is 5.82 Å². The molecule has 0 bridgehead atoms. The number of halogens is 1. The first-order valence-electron chi connectivity index (χ1n) is 8.95. The van der Waals surface area contributed by atoms with Crippen molar-refractivity contribution in [3.8, 4) is 28.3 Å². The molecule has 0 unspecified atom stereocenters. The number of hydrogen-bond donors (Lipinski definition) is 0. The fourth-order valence-corrected chi connectivity index (χ4v) is 3.20. The Hall–Kier alpha value is -3.54. The van der Waals surface area contributed by atoms with Crippen molar-refractivity contribution < 1.29 is 9.13 Å². The zero-order chi connectivity index (χ0) is 19.3. The fourth-order valence-electron chi connectivity index (χ4n) is 3.20. The Kier molecular flexibility index (Phi) is 5.10. The second-order valence-electron chi connectivity index (χ2n) is 6.29. The molecule has 2 heterocycles. The monoisotopic (exact) mass is 374 g/mol.